The number of aromatic amines is 1. The first-order chi connectivity index (χ1) is 32.9. The van der Waals surface area contributed by atoms with E-state index in [0.717, 1.165) is 96.7 Å². The first kappa shape index (κ1) is 44.4. The second kappa shape index (κ2) is 17.8. The smallest absolute Gasteiger partial charge is 0.236 e. The Labute approximate surface area is 403 Å². The molecule has 1 spiro atoms. The lowest BCUT2D eigenvalue weighted by atomic mass is 9.72. The quantitative estimate of drug-likeness (QED) is 0.141. The summed E-state index contributed by atoms with van der Waals surface area (Å²) in [4.78, 5) is 68.8. The van der Waals surface area contributed by atoms with Gasteiger partial charge in [-0.25, -0.2) is 4.98 Å². The molecule has 4 amide bonds. The van der Waals surface area contributed by atoms with Gasteiger partial charge in [0.2, 0.25) is 23.6 Å². The molecular weight excluding hydrogens is 906 g/mol. The number of imide groups is 1. The number of hydrogen-bond acceptors (Lipinski definition) is 11. The van der Waals surface area contributed by atoms with Gasteiger partial charge < -0.3 is 19.4 Å². The van der Waals surface area contributed by atoms with Crippen LogP contribution in [0.15, 0.2) is 67.1 Å². The summed E-state index contributed by atoms with van der Waals surface area (Å²) in [6, 6.07) is 16.3. The lowest BCUT2D eigenvalue weighted by Crippen LogP contribution is -2.73. The Morgan fingerprint density at radius 1 is 0.868 bits per heavy atom. The van der Waals surface area contributed by atoms with Crippen molar-refractivity contribution < 1.29 is 23.9 Å². The molecule has 4 aromatic heterocycles. The van der Waals surface area contributed by atoms with Gasteiger partial charge in [-0.3, -0.25) is 44.2 Å². The minimum Gasteiger partial charge on any atom is -0.486 e. The number of amides is 4. The molecule has 2 atom stereocenters. The number of hydrogen-bond donors (Lipinski definition) is 2. The third kappa shape index (κ3) is 8.33. The van der Waals surface area contributed by atoms with Crippen LogP contribution < -0.4 is 15.0 Å². The average molecular weight is 959 g/mol. The normalized spacial score (nSPS) is 20.7. The van der Waals surface area contributed by atoms with E-state index in [0.29, 0.717) is 72.6 Å². The maximum absolute atomic E-state index is 13.6. The molecule has 2 N–H and O–H groups in total. The molecule has 9 heterocycles. The highest BCUT2D eigenvalue weighted by Gasteiger charge is 2.54. The maximum atomic E-state index is 13.6. The molecule has 1 unspecified atom stereocenters. The monoisotopic (exact) mass is 957 g/mol. The van der Waals surface area contributed by atoms with E-state index in [1.54, 1.807) is 12.4 Å². The molecule has 18 heteroatoms. The van der Waals surface area contributed by atoms with Gasteiger partial charge in [-0.15, -0.1) is 0 Å². The first-order valence-electron chi connectivity index (χ1n) is 23.6. The summed E-state index contributed by atoms with van der Waals surface area (Å²) < 4.78 is 8.09. The molecule has 68 heavy (non-hydrogen) atoms. The molecular formula is C50H53Cl2N11O5. The minimum absolute atomic E-state index is 0.0445. The Balaban J connectivity index is 0.617. The molecule has 5 aliphatic rings. The molecule has 0 aliphatic carbocycles. The number of rotatable bonds is 10. The number of nitrogens with one attached hydrogen (secondary N) is 2. The summed E-state index contributed by atoms with van der Waals surface area (Å²) in [5.41, 5.74) is 6.28. The van der Waals surface area contributed by atoms with Gasteiger partial charge in [-0.05, 0) is 100.0 Å². The number of benzene rings is 2. The highest BCUT2D eigenvalue weighted by molar-refractivity contribution is 6.35. The zero-order valence-corrected chi connectivity index (χ0v) is 39.6. The average Bonchev–Trinajstić information content (AvgIpc) is 3.88. The van der Waals surface area contributed by atoms with Crippen molar-refractivity contribution in [1.82, 2.24) is 50.0 Å². The Bertz CT molecular complexity index is 2920. The third-order valence-electron chi connectivity index (χ3n) is 15.0. The van der Waals surface area contributed by atoms with Crippen LogP contribution in [-0.2, 0) is 26.2 Å². The fourth-order valence-corrected chi connectivity index (χ4v) is 11.9. The topological polar surface area (TPSA) is 175 Å². The maximum Gasteiger partial charge on any atom is 0.236 e. The molecule has 5 saturated heterocycles. The van der Waals surface area contributed by atoms with E-state index >= 15 is 0 Å². The van der Waals surface area contributed by atoms with Gasteiger partial charge in [-0.2, -0.15) is 10.2 Å². The molecule has 0 radical (unpaired) electrons. The number of nitrogens with zero attached hydrogens (tertiary/aromatic N) is 9. The second-order valence-electron chi connectivity index (χ2n) is 19.5. The summed E-state index contributed by atoms with van der Waals surface area (Å²) in [6.45, 7) is 8.45. The largest absolute Gasteiger partial charge is 0.486 e. The number of H-pyrrole nitrogens is 1. The Morgan fingerprint density at radius 2 is 1.63 bits per heavy atom. The molecule has 5 fully saturated rings. The van der Waals surface area contributed by atoms with Crippen LogP contribution in [0, 0.1) is 11.3 Å². The van der Waals surface area contributed by atoms with E-state index in [4.69, 9.17) is 38.0 Å². The van der Waals surface area contributed by atoms with Gasteiger partial charge in [0, 0.05) is 105 Å². The number of fused-ring (bicyclic) bond motifs is 2. The van der Waals surface area contributed by atoms with Crippen LogP contribution in [-0.4, -0.2) is 127 Å². The molecule has 16 nitrogen and oxygen atoms in total. The predicted octanol–water partition coefficient (Wildman–Crippen LogP) is 6.64. The van der Waals surface area contributed by atoms with E-state index in [-0.39, 0.29) is 35.0 Å². The summed E-state index contributed by atoms with van der Waals surface area (Å²) in [7, 11) is 1.90. The van der Waals surface area contributed by atoms with Gasteiger partial charge in [0.1, 0.15) is 23.4 Å². The second-order valence-corrected chi connectivity index (χ2v) is 20.3. The molecule has 5 aliphatic heterocycles. The first-order valence-corrected chi connectivity index (χ1v) is 24.4. The van der Waals surface area contributed by atoms with E-state index in [2.05, 4.69) is 48.5 Å². The minimum atomic E-state index is -0.425. The number of anilines is 1. The number of piperidine rings is 3. The number of halogens is 2. The Kier molecular flexibility index (Phi) is 11.6. The van der Waals surface area contributed by atoms with Crippen molar-refractivity contribution in [2.24, 2.45) is 18.4 Å². The van der Waals surface area contributed by atoms with Crippen LogP contribution in [0.1, 0.15) is 80.2 Å². The molecule has 6 aromatic rings. The van der Waals surface area contributed by atoms with Crippen LogP contribution in [0.4, 0.5) is 5.82 Å². The van der Waals surface area contributed by atoms with Crippen LogP contribution in [0.3, 0.4) is 0 Å². The highest BCUT2D eigenvalue weighted by Crippen LogP contribution is 2.43. The van der Waals surface area contributed by atoms with Crippen LogP contribution in [0.2, 0.25) is 10.0 Å². The van der Waals surface area contributed by atoms with Crippen molar-refractivity contribution in [2.75, 3.05) is 63.8 Å². The number of carbonyl (C=O) groups is 4. The van der Waals surface area contributed by atoms with Crippen molar-refractivity contribution in [3.8, 4) is 17.0 Å². The van der Waals surface area contributed by atoms with Gasteiger partial charge in [0.05, 0.1) is 39.2 Å². The van der Waals surface area contributed by atoms with Crippen molar-refractivity contribution in [2.45, 2.75) is 63.4 Å². The van der Waals surface area contributed by atoms with Crippen LogP contribution >= 0.6 is 23.2 Å². The number of likely N-dealkylation sites (tertiary alicyclic amines) is 3. The standard InChI is InChI=1S/C50H53Cl2N11O5/c1-29(45-38(51)22-53-23-39(45)52)68-34-5-8-40-37(20-34)46(57-56-40)33-4-9-42(54-21-33)62-25-50(26-62)27-63(28-50)49(67)31-13-17-61(18-14-31)44(65)24-60-15-11-30(12-16-60)32-3-6-35-41(19-32)59(2)58-47(35)36-7-10-43(64)55-48(36)66/h3-6,8-9,19-23,29-31,36H,7,10-18,24-28H2,1-2H3,(H,56,57)(H,55,64,66)/t29-,36?/m1/s1. The van der Waals surface area contributed by atoms with Crippen LogP contribution in [0.5, 0.6) is 5.75 Å². The lowest BCUT2D eigenvalue weighted by Gasteiger charge is -2.61. The van der Waals surface area contributed by atoms with Gasteiger partial charge in [-0.1, -0.05) is 35.3 Å². The number of ether oxygens (including phenoxy) is 1. The SMILES string of the molecule is C[C@@H](Oc1ccc2[nH]nc(-c3ccc(N4CC5(CN(C(=O)C6CCN(C(=O)CN7CCC(c8ccc9c(C%10CCC(=O)NC%10=O)nn(C)c9c8)CC7)CC6)C5)C4)nc3)c2c1)c1c(Cl)cncc1Cl. The highest BCUT2D eigenvalue weighted by atomic mass is 35.5. The number of pyridine rings is 2. The third-order valence-corrected chi connectivity index (χ3v) is 15.6. The van der Waals surface area contributed by atoms with Crippen molar-refractivity contribution in [1.29, 1.82) is 0 Å². The number of aryl methyl sites for hydroxylation is 1. The molecule has 0 bridgehead atoms. The van der Waals surface area contributed by atoms with Crippen molar-refractivity contribution in [3.63, 3.8) is 0 Å². The summed E-state index contributed by atoms with van der Waals surface area (Å²) in [5, 5.41) is 17.6. The van der Waals surface area contributed by atoms with Crippen LogP contribution in [0.25, 0.3) is 33.1 Å². The van der Waals surface area contributed by atoms with Crippen molar-refractivity contribution >= 4 is 74.5 Å². The predicted molar refractivity (Wildman–Crippen MR) is 257 cm³/mol. The van der Waals surface area contributed by atoms with Gasteiger partial charge >= 0.3 is 0 Å². The molecule has 0 saturated carbocycles. The fourth-order valence-electron chi connectivity index (χ4n) is 11.2. The summed E-state index contributed by atoms with van der Waals surface area (Å²) >= 11 is 12.8. The molecule has 11 rings (SSSR count). The zero-order chi connectivity index (χ0) is 46.8. The zero-order valence-electron chi connectivity index (χ0n) is 38.1. The van der Waals surface area contributed by atoms with Gasteiger partial charge in [0.15, 0.2) is 0 Å². The summed E-state index contributed by atoms with van der Waals surface area (Å²) in [6.07, 6.45) is 8.68. The van der Waals surface area contributed by atoms with Gasteiger partial charge in [0.25, 0.3) is 0 Å². The van der Waals surface area contributed by atoms with Crippen molar-refractivity contribution in [3.05, 3.63) is 94.0 Å². The van der Waals surface area contributed by atoms with E-state index in [1.807, 2.05) is 65.0 Å². The molecule has 2 aromatic carbocycles. The van der Waals surface area contributed by atoms with E-state index < -0.39 is 12.0 Å². The number of aromatic nitrogens is 6. The molecule has 352 valence electrons. The Hall–Kier alpha value is -6.10. The lowest BCUT2D eigenvalue weighted by molar-refractivity contribution is -0.152. The number of carbonyl (C=O) groups excluding carboxylic acids is 4. The van der Waals surface area contributed by atoms with E-state index in [9.17, 15) is 19.2 Å². The fraction of sp³-hybridized carbons (Fsp3) is 0.440. The Morgan fingerprint density at radius 3 is 2.35 bits per heavy atom. The summed E-state index contributed by atoms with van der Waals surface area (Å²) in [5.74, 6) is 1.33. The van der Waals surface area contributed by atoms with E-state index in [1.165, 1.54) is 5.56 Å².